The van der Waals surface area contributed by atoms with Crippen molar-refractivity contribution in [2.75, 3.05) is 105 Å². The van der Waals surface area contributed by atoms with Gasteiger partial charge in [-0.3, -0.25) is 9.80 Å². The summed E-state index contributed by atoms with van der Waals surface area (Å²) < 4.78 is 108. The summed E-state index contributed by atoms with van der Waals surface area (Å²) >= 11 is 26.4. The van der Waals surface area contributed by atoms with Crippen LogP contribution in [0.4, 0.5) is 19.2 Å². The minimum Gasteiger partial charge on any atom is -0.484 e. The Bertz CT molecular complexity index is 4060. The molecule has 2 saturated heterocycles. The Morgan fingerprint density at radius 3 is 1.27 bits per heavy atom. The number of amides is 6. The summed E-state index contributed by atoms with van der Waals surface area (Å²) in [7, 11) is -7.75. The summed E-state index contributed by atoms with van der Waals surface area (Å²) in [6.45, 7) is 17.4. The van der Waals surface area contributed by atoms with Crippen LogP contribution in [0.1, 0.15) is 126 Å². The molecule has 6 aromatic rings. The van der Waals surface area contributed by atoms with E-state index in [-0.39, 0.29) is 112 Å². The average Bonchev–Trinajstić information content (AvgIpc) is 1.62. The van der Waals surface area contributed by atoms with Gasteiger partial charge in [0, 0.05) is 82.6 Å². The van der Waals surface area contributed by atoms with Gasteiger partial charge in [-0.15, -0.1) is 10.2 Å². The number of hydrogen-bond acceptors (Lipinski definition) is 22. The SMILES string of the molecule is CC(C)(C)OC(=O)N[C@@H]1CCCN([C@H]2Cc3c(Cl)cc(Cl)cc3[C@@H]2Oc2ccc(S(=O)(=O)NCCOCCOCCn3cc(CNC(=O)NCCCCNC(=O)NCc4cn(CCOCCOCCNS(=O)(=O)c5ccc(O[C@H]6c7cc(Cl)cc(Cl)c7C[C@@H]6N6CCC[C@@H](NC(=O)OC(C)(C)C)C6)cc5)nn4)nn3)cc2)C1. The second-order valence-electron chi connectivity index (χ2n) is 29.6. The van der Waals surface area contributed by atoms with Crippen molar-refractivity contribution in [3.63, 3.8) is 0 Å². The number of piperidine rings is 2. The number of nitrogens with one attached hydrogen (secondary N) is 8. The summed E-state index contributed by atoms with van der Waals surface area (Å²) in [5, 5.41) is 35.6. The molecule has 8 N–H and O–H groups in total. The number of aromatic nitrogens is 6. The van der Waals surface area contributed by atoms with Crippen molar-refractivity contribution in [2.45, 2.75) is 176 Å². The Balaban J connectivity index is 0.511. The fourth-order valence-corrected chi connectivity index (χ4v) is 16.6. The van der Waals surface area contributed by atoms with E-state index in [9.17, 15) is 36.0 Å². The van der Waals surface area contributed by atoms with Gasteiger partial charge in [0.25, 0.3) is 0 Å². The Morgan fingerprint density at radius 1 is 0.500 bits per heavy atom. The van der Waals surface area contributed by atoms with Crippen molar-refractivity contribution in [2.24, 2.45) is 0 Å². The zero-order valence-electron chi connectivity index (χ0n) is 63.8. The molecule has 112 heavy (non-hydrogen) atoms. The Morgan fingerprint density at radius 2 is 0.884 bits per heavy atom. The molecule has 614 valence electrons. The maximum atomic E-state index is 13.2. The lowest BCUT2D eigenvalue weighted by Crippen LogP contribution is -2.53. The number of fused-ring (bicyclic) bond motifs is 2. The van der Waals surface area contributed by atoms with E-state index in [1.165, 1.54) is 24.3 Å². The molecule has 2 fully saturated rings. The molecule has 32 nitrogen and oxygen atoms in total. The highest BCUT2D eigenvalue weighted by Gasteiger charge is 2.44. The first kappa shape index (κ1) is 87.0. The first-order chi connectivity index (χ1) is 53.5. The van der Waals surface area contributed by atoms with E-state index in [0.29, 0.717) is 121 Å². The van der Waals surface area contributed by atoms with E-state index in [1.807, 2.05) is 53.7 Å². The number of benzene rings is 4. The third kappa shape index (κ3) is 27.1. The maximum Gasteiger partial charge on any atom is 0.407 e. The zero-order chi connectivity index (χ0) is 80.0. The number of hydrogen-bond donors (Lipinski definition) is 8. The highest BCUT2D eigenvalue weighted by Crippen LogP contribution is 2.45. The highest BCUT2D eigenvalue weighted by molar-refractivity contribution is 7.89. The van der Waals surface area contributed by atoms with Gasteiger partial charge in [-0.25, -0.2) is 54.8 Å². The molecular weight excluding hydrogens is 1570 g/mol. The van der Waals surface area contributed by atoms with Gasteiger partial charge in [0.05, 0.1) is 113 Å². The lowest BCUT2D eigenvalue weighted by Gasteiger charge is -2.39. The van der Waals surface area contributed by atoms with Crippen LogP contribution in [0, 0.1) is 0 Å². The fraction of sp³-hybridized carbons (Fsp3) is 0.568. The molecule has 6 atom stereocenters. The lowest BCUT2D eigenvalue weighted by molar-refractivity contribution is 0.0353. The molecule has 2 aromatic heterocycles. The minimum atomic E-state index is -3.87. The Kier molecular flexibility index (Phi) is 32.0. The number of ether oxygens (including phenoxy) is 8. The second-order valence-corrected chi connectivity index (χ2v) is 34.8. The number of sulfonamides is 2. The Labute approximate surface area is 673 Å². The molecule has 2 aliphatic heterocycles. The van der Waals surface area contributed by atoms with Gasteiger partial charge in [0.2, 0.25) is 20.0 Å². The van der Waals surface area contributed by atoms with Crippen LogP contribution in [0.3, 0.4) is 0 Å². The van der Waals surface area contributed by atoms with Crippen LogP contribution in [0.25, 0.3) is 0 Å². The summed E-state index contributed by atoms with van der Waals surface area (Å²) in [6.07, 6.45) is 7.29. The van der Waals surface area contributed by atoms with Crippen LogP contribution in [0.5, 0.6) is 11.5 Å². The number of carbonyl (C=O) groups is 4. The van der Waals surface area contributed by atoms with Crippen LogP contribution >= 0.6 is 46.4 Å². The number of nitrogens with zero attached hydrogens (tertiary/aromatic N) is 8. The molecule has 0 spiro atoms. The van der Waals surface area contributed by atoms with Crippen molar-refractivity contribution < 1.29 is 73.9 Å². The fourth-order valence-electron chi connectivity index (χ4n) is 13.4. The van der Waals surface area contributed by atoms with Gasteiger partial charge in [-0.2, -0.15) is 0 Å². The van der Waals surface area contributed by atoms with Crippen molar-refractivity contribution in [3.05, 3.63) is 139 Å². The molecule has 0 unspecified atom stereocenters. The van der Waals surface area contributed by atoms with E-state index in [1.54, 1.807) is 58.2 Å². The summed E-state index contributed by atoms with van der Waals surface area (Å²) in [5.74, 6) is 0.931. The molecule has 0 saturated carbocycles. The van der Waals surface area contributed by atoms with E-state index in [2.05, 4.69) is 71.8 Å². The molecule has 38 heteroatoms. The Hall–Kier alpha value is -7.42. The number of halogens is 4. The lowest BCUT2D eigenvalue weighted by atomic mass is 10.0. The monoisotopic (exact) mass is 1670 g/mol. The third-order valence-corrected chi connectivity index (χ3v) is 22.6. The maximum absolute atomic E-state index is 13.2. The summed E-state index contributed by atoms with van der Waals surface area (Å²) in [6, 6.07) is 18.3. The number of likely N-dealkylation sites (tertiary alicyclic amines) is 2. The van der Waals surface area contributed by atoms with Crippen LogP contribution in [0.15, 0.2) is 95.0 Å². The van der Waals surface area contributed by atoms with Crippen molar-refractivity contribution in [1.29, 1.82) is 0 Å². The van der Waals surface area contributed by atoms with E-state index < -0.39 is 55.6 Å². The van der Waals surface area contributed by atoms with Gasteiger partial charge in [-0.1, -0.05) is 56.8 Å². The van der Waals surface area contributed by atoms with E-state index in [0.717, 1.165) is 61.0 Å². The smallest absolute Gasteiger partial charge is 0.407 e. The van der Waals surface area contributed by atoms with Crippen LogP contribution in [0.2, 0.25) is 20.1 Å². The zero-order valence-corrected chi connectivity index (χ0v) is 68.4. The summed E-state index contributed by atoms with van der Waals surface area (Å²) in [4.78, 5) is 54.9. The predicted molar refractivity (Wildman–Crippen MR) is 419 cm³/mol. The number of carbonyl (C=O) groups excluding carboxylic acids is 4. The van der Waals surface area contributed by atoms with Gasteiger partial charge >= 0.3 is 24.2 Å². The molecular formula is C74H102Cl4N16O16S2. The number of urea groups is 2. The molecule has 4 aromatic carbocycles. The number of alkyl carbamates (subject to hydrolysis) is 2. The molecule has 4 heterocycles. The second kappa shape index (κ2) is 41.2. The molecule has 0 bridgehead atoms. The normalized spacial score (nSPS) is 18.8. The minimum absolute atomic E-state index is 0.0337. The van der Waals surface area contributed by atoms with Gasteiger partial charge in [-0.05, 0) is 190 Å². The first-order valence-corrected chi connectivity index (χ1v) is 42.1. The van der Waals surface area contributed by atoms with Crippen LogP contribution in [-0.2, 0) is 87.5 Å². The topological polar surface area (TPSA) is 375 Å². The van der Waals surface area contributed by atoms with Crippen molar-refractivity contribution in [3.8, 4) is 11.5 Å². The van der Waals surface area contributed by atoms with E-state index in [4.69, 9.17) is 84.3 Å². The standard InChI is InChI=1S/C74H102Cl4N16O16S2/c1-73(2,3)109-71(97)85-51-11-9-25-91(45-51)65-41-59-61(37-49(75)39-63(59)77)67(65)107-55-13-17-57(18-14-55)111(99,100)83-23-29-103-33-35-105-31-27-93-47-53(87-89-93)43-81-69(95)79-21-7-8-22-80-70(96)82-44-54-48-94(90-88-54)28-32-106-36-34-104-30-24-84-112(101,102)58-19-15-56(16-20-58)108-68-62-38-50(76)40-64(78)60(62)42-66(68)92-26-10-12-52(46-92)86-72(98)110-74(4,5)6/h13-20,37-40,47-48,51-52,65-68,83-84H,7-12,21-36,41-46H2,1-6H3,(H,85,97)(H,86,98)(H2,79,81,95)(H2,80,82,96)/t51-,52-,65+,66+,67+,68+/m1/s1. The van der Waals surface area contributed by atoms with Crippen molar-refractivity contribution in [1.82, 2.24) is 81.1 Å². The summed E-state index contributed by atoms with van der Waals surface area (Å²) in [5.41, 5.74) is 3.44. The first-order valence-electron chi connectivity index (χ1n) is 37.6. The quantitative estimate of drug-likeness (QED) is 0.0167. The molecule has 10 rings (SSSR count). The molecule has 6 amide bonds. The van der Waals surface area contributed by atoms with Gasteiger partial charge < -0.3 is 69.8 Å². The highest BCUT2D eigenvalue weighted by atomic mass is 35.5. The molecule has 2 aliphatic carbocycles. The van der Waals surface area contributed by atoms with E-state index >= 15 is 0 Å². The molecule has 0 radical (unpaired) electrons. The number of unbranched alkanes of at least 4 members (excludes halogenated alkanes) is 1. The molecule has 4 aliphatic rings. The largest absolute Gasteiger partial charge is 0.484 e. The average molecular weight is 1680 g/mol. The van der Waals surface area contributed by atoms with Crippen molar-refractivity contribution >= 4 is 90.7 Å². The van der Waals surface area contributed by atoms with Crippen LogP contribution < -0.4 is 50.8 Å². The predicted octanol–water partition coefficient (Wildman–Crippen LogP) is 8.65. The van der Waals surface area contributed by atoms with Gasteiger partial charge in [0.15, 0.2) is 0 Å². The van der Waals surface area contributed by atoms with Crippen LogP contribution in [-0.4, -0.2) is 221 Å². The van der Waals surface area contributed by atoms with Gasteiger partial charge in [0.1, 0.15) is 46.3 Å². The number of rotatable bonds is 39. The third-order valence-electron chi connectivity index (χ3n) is 18.6.